The zero-order chi connectivity index (χ0) is 14.1. The van der Waals surface area contributed by atoms with Crippen molar-refractivity contribution in [3.63, 3.8) is 0 Å². The fourth-order valence-electron chi connectivity index (χ4n) is 3.80. The molecule has 0 amide bonds. The minimum absolute atomic E-state index is 0.181. The van der Waals surface area contributed by atoms with E-state index in [1.54, 1.807) is 0 Å². The molecule has 0 aromatic heterocycles. The number of likely N-dealkylation sites (N-methyl/N-ethyl adjacent to an activating group) is 1. The lowest BCUT2D eigenvalue weighted by Gasteiger charge is -2.33. The standard InChI is InChI=1S/C16H24FN3/c1-19-14-6-7-15(19)11-20(9-8-14)16(10-18)12-2-4-13(17)5-3-12/h2-5,14-16H,6-11,18H2,1H3. The van der Waals surface area contributed by atoms with Gasteiger partial charge in [0.2, 0.25) is 0 Å². The van der Waals surface area contributed by atoms with Gasteiger partial charge < -0.3 is 5.73 Å². The van der Waals surface area contributed by atoms with Crippen molar-refractivity contribution in [2.45, 2.75) is 37.4 Å². The molecule has 0 saturated carbocycles. The molecule has 1 aromatic rings. The van der Waals surface area contributed by atoms with Gasteiger partial charge in [0.15, 0.2) is 0 Å². The van der Waals surface area contributed by atoms with E-state index in [-0.39, 0.29) is 11.9 Å². The first-order chi connectivity index (χ1) is 9.69. The highest BCUT2D eigenvalue weighted by Crippen LogP contribution is 2.32. The summed E-state index contributed by atoms with van der Waals surface area (Å²) in [6.07, 6.45) is 3.84. The van der Waals surface area contributed by atoms with E-state index < -0.39 is 0 Å². The van der Waals surface area contributed by atoms with Crippen molar-refractivity contribution >= 4 is 0 Å². The fraction of sp³-hybridized carbons (Fsp3) is 0.625. The van der Waals surface area contributed by atoms with Crippen molar-refractivity contribution in [1.29, 1.82) is 0 Å². The summed E-state index contributed by atoms with van der Waals surface area (Å²) in [5, 5.41) is 0. The van der Waals surface area contributed by atoms with Crippen molar-refractivity contribution in [3.05, 3.63) is 35.6 Å². The zero-order valence-corrected chi connectivity index (χ0v) is 12.1. The molecule has 3 nitrogen and oxygen atoms in total. The van der Waals surface area contributed by atoms with Gasteiger partial charge in [-0.2, -0.15) is 0 Å². The summed E-state index contributed by atoms with van der Waals surface area (Å²) in [6, 6.07) is 8.42. The van der Waals surface area contributed by atoms with Crippen LogP contribution in [-0.2, 0) is 0 Å². The second kappa shape index (κ2) is 5.80. The van der Waals surface area contributed by atoms with Crippen LogP contribution >= 0.6 is 0 Å². The van der Waals surface area contributed by atoms with Crippen molar-refractivity contribution in [2.75, 3.05) is 26.7 Å². The van der Waals surface area contributed by atoms with Gasteiger partial charge in [-0.15, -0.1) is 0 Å². The van der Waals surface area contributed by atoms with Crippen LogP contribution in [0.25, 0.3) is 0 Å². The van der Waals surface area contributed by atoms with E-state index in [4.69, 9.17) is 5.73 Å². The molecule has 0 aliphatic carbocycles. The second-order valence-electron chi connectivity index (χ2n) is 6.14. The molecule has 1 aromatic carbocycles. The average Bonchev–Trinajstić information content (AvgIpc) is 2.69. The lowest BCUT2D eigenvalue weighted by molar-refractivity contribution is 0.175. The molecule has 2 bridgehead atoms. The van der Waals surface area contributed by atoms with E-state index in [1.807, 2.05) is 12.1 Å². The fourth-order valence-corrected chi connectivity index (χ4v) is 3.80. The van der Waals surface area contributed by atoms with Gasteiger partial charge in [0.05, 0.1) is 0 Å². The highest BCUT2D eigenvalue weighted by Gasteiger charge is 2.36. The lowest BCUT2D eigenvalue weighted by atomic mass is 10.0. The molecule has 2 fully saturated rings. The van der Waals surface area contributed by atoms with Crippen molar-refractivity contribution < 1.29 is 4.39 Å². The van der Waals surface area contributed by atoms with Gasteiger partial charge in [0.25, 0.3) is 0 Å². The molecule has 20 heavy (non-hydrogen) atoms. The van der Waals surface area contributed by atoms with Crippen LogP contribution in [0, 0.1) is 5.82 Å². The molecule has 110 valence electrons. The summed E-state index contributed by atoms with van der Waals surface area (Å²) in [5.74, 6) is -0.181. The molecule has 4 heteroatoms. The van der Waals surface area contributed by atoms with E-state index in [1.165, 1.54) is 31.4 Å². The Balaban J connectivity index is 1.77. The number of nitrogens with two attached hydrogens (primary N) is 1. The summed E-state index contributed by atoms with van der Waals surface area (Å²) in [5.41, 5.74) is 7.14. The largest absolute Gasteiger partial charge is 0.329 e. The van der Waals surface area contributed by atoms with Gasteiger partial charge >= 0.3 is 0 Å². The molecule has 2 aliphatic rings. The summed E-state index contributed by atoms with van der Waals surface area (Å²) in [7, 11) is 2.25. The predicted molar refractivity (Wildman–Crippen MR) is 79.0 cm³/mol. The number of likely N-dealkylation sites (tertiary alicyclic amines) is 1. The maximum absolute atomic E-state index is 13.1. The highest BCUT2D eigenvalue weighted by molar-refractivity contribution is 5.20. The number of hydrogen-bond acceptors (Lipinski definition) is 3. The molecule has 2 saturated heterocycles. The van der Waals surface area contributed by atoms with E-state index in [0.29, 0.717) is 12.6 Å². The number of halogens is 1. The van der Waals surface area contributed by atoms with Crippen molar-refractivity contribution in [2.24, 2.45) is 5.73 Å². The number of benzene rings is 1. The summed E-state index contributed by atoms with van der Waals surface area (Å²) in [6.45, 7) is 2.75. The molecule has 2 N–H and O–H groups in total. The summed E-state index contributed by atoms with van der Waals surface area (Å²) < 4.78 is 13.1. The Morgan fingerprint density at radius 3 is 2.60 bits per heavy atom. The van der Waals surface area contributed by atoms with Crippen LogP contribution in [0.1, 0.15) is 30.9 Å². The van der Waals surface area contributed by atoms with Crippen LogP contribution in [0.2, 0.25) is 0 Å². The molecule has 0 spiro atoms. The Morgan fingerprint density at radius 2 is 1.90 bits per heavy atom. The minimum atomic E-state index is -0.181. The summed E-state index contributed by atoms with van der Waals surface area (Å²) in [4.78, 5) is 5.03. The van der Waals surface area contributed by atoms with Crippen molar-refractivity contribution in [1.82, 2.24) is 9.80 Å². The van der Waals surface area contributed by atoms with Crippen molar-refractivity contribution in [3.8, 4) is 0 Å². The van der Waals surface area contributed by atoms with Crippen LogP contribution in [0.4, 0.5) is 4.39 Å². The topological polar surface area (TPSA) is 32.5 Å². The monoisotopic (exact) mass is 277 g/mol. The third-order valence-electron chi connectivity index (χ3n) is 5.10. The van der Waals surface area contributed by atoms with E-state index in [0.717, 1.165) is 24.7 Å². The molecular formula is C16H24FN3. The Morgan fingerprint density at radius 1 is 1.20 bits per heavy atom. The average molecular weight is 277 g/mol. The molecule has 2 heterocycles. The van der Waals surface area contributed by atoms with Gasteiger partial charge in [-0.05, 0) is 44.0 Å². The second-order valence-corrected chi connectivity index (χ2v) is 6.14. The first-order valence-corrected chi connectivity index (χ1v) is 7.60. The van der Waals surface area contributed by atoms with Gasteiger partial charge in [-0.25, -0.2) is 4.39 Å². The molecular weight excluding hydrogens is 253 g/mol. The maximum atomic E-state index is 13.1. The van der Waals surface area contributed by atoms with Gasteiger partial charge in [-0.1, -0.05) is 12.1 Å². The quantitative estimate of drug-likeness (QED) is 0.917. The molecule has 2 aliphatic heterocycles. The smallest absolute Gasteiger partial charge is 0.123 e. The first-order valence-electron chi connectivity index (χ1n) is 7.60. The lowest BCUT2D eigenvalue weighted by Crippen LogP contribution is -2.40. The normalized spacial score (nSPS) is 29.4. The van der Waals surface area contributed by atoms with E-state index in [9.17, 15) is 4.39 Å². The van der Waals surface area contributed by atoms with Crippen LogP contribution in [0.15, 0.2) is 24.3 Å². The number of nitrogens with zero attached hydrogens (tertiary/aromatic N) is 2. The van der Waals surface area contributed by atoms with Crippen LogP contribution in [0.5, 0.6) is 0 Å². The van der Waals surface area contributed by atoms with Crippen LogP contribution < -0.4 is 5.73 Å². The molecule has 3 rings (SSSR count). The third kappa shape index (κ3) is 2.60. The van der Waals surface area contributed by atoms with Gasteiger partial charge in [0.1, 0.15) is 5.82 Å². The Hall–Kier alpha value is -0.970. The van der Waals surface area contributed by atoms with Gasteiger partial charge in [-0.3, -0.25) is 9.80 Å². The van der Waals surface area contributed by atoms with E-state index in [2.05, 4.69) is 16.8 Å². The zero-order valence-electron chi connectivity index (χ0n) is 12.1. The SMILES string of the molecule is CN1C2CCC1CN(C(CN)c1ccc(F)cc1)CC2. The van der Waals surface area contributed by atoms with Gasteiger partial charge in [0, 0.05) is 37.8 Å². The molecule has 3 atom stereocenters. The highest BCUT2D eigenvalue weighted by atomic mass is 19.1. The number of fused-ring (bicyclic) bond motifs is 2. The Bertz CT molecular complexity index is 448. The summed E-state index contributed by atoms with van der Waals surface area (Å²) >= 11 is 0. The maximum Gasteiger partial charge on any atom is 0.123 e. The Kier molecular flexibility index (Phi) is 4.06. The number of rotatable bonds is 3. The van der Waals surface area contributed by atoms with E-state index >= 15 is 0 Å². The predicted octanol–water partition coefficient (Wildman–Crippen LogP) is 1.99. The Labute approximate surface area is 120 Å². The minimum Gasteiger partial charge on any atom is -0.329 e. The molecule has 3 unspecified atom stereocenters. The van der Waals surface area contributed by atoms with Crippen LogP contribution in [0.3, 0.4) is 0 Å². The first kappa shape index (κ1) is 14.0. The number of hydrogen-bond donors (Lipinski definition) is 1. The van der Waals surface area contributed by atoms with Crippen LogP contribution in [-0.4, -0.2) is 48.6 Å². The molecule has 0 radical (unpaired) electrons. The third-order valence-corrected chi connectivity index (χ3v) is 5.10.